The van der Waals surface area contributed by atoms with E-state index in [0.717, 1.165) is 25.4 Å². The summed E-state index contributed by atoms with van der Waals surface area (Å²) in [6, 6.07) is 9.40. The maximum absolute atomic E-state index is 8.66. The van der Waals surface area contributed by atoms with Crippen LogP contribution in [-0.4, -0.2) is 19.7 Å². The molecule has 0 amide bonds. The lowest BCUT2D eigenvalue weighted by Gasteiger charge is -2.22. The normalized spacial score (nSPS) is 15.7. The van der Waals surface area contributed by atoms with E-state index in [4.69, 9.17) is 10.00 Å². The molecule has 92 valence electrons. The minimum absolute atomic E-state index is 0. The number of nitrogens with zero attached hydrogens (tertiary/aromatic N) is 1. The molecule has 1 saturated heterocycles. The summed E-state index contributed by atoms with van der Waals surface area (Å²) in [6.45, 7) is 2.98. The third-order valence-corrected chi connectivity index (χ3v) is 2.93. The highest BCUT2D eigenvalue weighted by Crippen LogP contribution is 2.16. The minimum Gasteiger partial charge on any atom is -0.493 e. The predicted molar refractivity (Wildman–Crippen MR) is 69.5 cm³/mol. The van der Waals surface area contributed by atoms with Crippen molar-refractivity contribution >= 4 is 12.4 Å². The molecule has 0 aliphatic carbocycles. The molecule has 0 radical (unpaired) electrons. The van der Waals surface area contributed by atoms with E-state index in [-0.39, 0.29) is 12.4 Å². The summed E-state index contributed by atoms with van der Waals surface area (Å²) in [5.74, 6) is 1.52. The van der Waals surface area contributed by atoms with Gasteiger partial charge >= 0.3 is 0 Å². The van der Waals surface area contributed by atoms with E-state index < -0.39 is 0 Å². The van der Waals surface area contributed by atoms with Gasteiger partial charge < -0.3 is 10.1 Å². The first kappa shape index (κ1) is 13.8. The van der Waals surface area contributed by atoms with Gasteiger partial charge in [-0.3, -0.25) is 0 Å². The Kier molecular flexibility index (Phi) is 5.82. The van der Waals surface area contributed by atoms with Gasteiger partial charge in [-0.15, -0.1) is 12.4 Å². The summed E-state index contributed by atoms with van der Waals surface area (Å²) in [5, 5.41) is 12.0. The lowest BCUT2D eigenvalue weighted by Crippen LogP contribution is -2.30. The molecular weight excluding hydrogens is 236 g/mol. The number of benzene rings is 1. The standard InChI is InChI=1S/C13H16N2O.ClH/c14-9-11-1-3-13(4-2-11)16-10-12-5-7-15-8-6-12;/h1-4,12,15H,5-8,10H2;1H. The Hall–Kier alpha value is -1.24. The Morgan fingerprint density at radius 2 is 1.88 bits per heavy atom. The van der Waals surface area contributed by atoms with Crippen LogP contribution < -0.4 is 10.1 Å². The number of rotatable bonds is 3. The Labute approximate surface area is 108 Å². The average Bonchev–Trinajstić information content (AvgIpc) is 2.38. The predicted octanol–water partition coefficient (Wildman–Crippen LogP) is 2.36. The van der Waals surface area contributed by atoms with Crippen LogP contribution in [0.5, 0.6) is 5.75 Å². The molecule has 1 aromatic carbocycles. The number of hydrogen-bond acceptors (Lipinski definition) is 3. The molecule has 0 aromatic heterocycles. The first-order valence-electron chi connectivity index (χ1n) is 5.72. The second-order valence-corrected chi connectivity index (χ2v) is 4.14. The topological polar surface area (TPSA) is 45.0 Å². The first-order valence-corrected chi connectivity index (χ1v) is 5.72. The fraction of sp³-hybridized carbons (Fsp3) is 0.462. The lowest BCUT2D eigenvalue weighted by atomic mass is 9.99. The van der Waals surface area contributed by atoms with E-state index in [1.54, 1.807) is 12.1 Å². The fourth-order valence-electron chi connectivity index (χ4n) is 1.89. The van der Waals surface area contributed by atoms with Gasteiger partial charge in [-0.1, -0.05) is 0 Å². The Morgan fingerprint density at radius 3 is 2.47 bits per heavy atom. The zero-order valence-electron chi connectivity index (χ0n) is 9.69. The van der Waals surface area contributed by atoms with Gasteiger partial charge in [0.1, 0.15) is 5.75 Å². The third-order valence-electron chi connectivity index (χ3n) is 2.93. The van der Waals surface area contributed by atoms with Crippen LogP contribution in [-0.2, 0) is 0 Å². The highest BCUT2D eigenvalue weighted by Gasteiger charge is 2.13. The summed E-state index contributed by atoms with van der Waals surface area (Å²) in [5.41, 5.74) is 0.675. The zero-order chi connectivity index (χ0) is 11.2. The van der Waals surface area contributed by atoms with Crippen LogP contribution in [0, 0.1) is 17.2 Å². The molecule has 3 nitrogen and oxygen atoms in total. The van der Waals surface area contributed by atoms with Gasteiger partial charge in [-0.05, 0) is 56.1 Å². The van der Waals surface area contributed by atoms with Crippen molar-refractivity contribution in [2.45, 2.75) is 12.8 Å². The lowest BCUT2D eigenvalue weighted by molar-refractivity contribution is 0.215. The van der Waals surface area contributed by atoms with Crippen molar-refractivity contribution in [3.63, 3.8) is 0 Å². The molecule has 4 heteroatoms. The molecule has 17 heavy (non-hydrogen) atoms. The van der Waals surface area contributed by atoms with Crippen LogP contribution in [0.2, 0.25) is 0 Å². The van der Waals surface area contributed by atoms with E-state index >= 15 is 0 Å². The van der Waals surface area contributed by atoms with E-state index in [0.29, 0.717) is 11.5 Å². The Morgan fingerprint density at radius 1 is 1.24 bits per heavy atom. The van der Waals surface area contributed by atoms with Crippen molar-refractivity contribution in [2.75, 3.05) is 19.7 Å². The molecule has 0 unspecified atom stereocenters. The number of ether oxygens (including phenoxy) is 1. The van der Waals surface area contributed by atoms with Gasteiger partial charge in [0.15, 0.2) is 0 Å². The average molecular weight is 253 g/mol. The molecular formula is C13H17ClN2O. The number of nitrogens with one attached hydrogen (secondary N) is 1. The number of halogens is 1. The van der Waals surface area contributed by atoms with Gasteiger partial charge in [-0.2, -0.15) is 5.26 Å². The SMILES string of the molecule is Cl.N#Cc1ccc(OCC2CCNCC2)cc1. The largest absolute Gasteiger partial charge is 0.493 e. The molecule has 0 saturated carbocycles. The summed E-state index contributed by atoms with van der Waals surface area (Å²) in [6.07, 6.45) is 2.38. The molecule has 0 spiro atoms. The number of hydrogen-bond donors (Lipinski definition) is 1. The zero-order valence-corrected chi connectivity index (χ0v) is 10.5. The van der Waals surface area contributed by atoms with E-state index in [1.165, 1.54) is 12.8 Å². The van der Waals surface area contributed by atoms with Crippen LogP contribution in [0.3, 0.4) is 0 Å². The van der Waals surface area contributed by atoms with Gasteiger partial charge in [0.2, 0.25) is 0 Å². The van der Waals surface area contributed by atoms with Gasteiger partial charge in [-0.25, -0.2) is 0 Å². The van der Waals surface area contributed by atoms with Crippen molar-refractivity contribution in [1.29, 1.82) is 5.26 Å². The molecule has 1 N–H and O–H groups in total. The van der Waals surface area contributed by atoms with Gasteiger partial charge in [0.25, 0.3) is 0 Å². The highest BCUT2D eigenvalue weighted by atomic mass is 35.5. The maximum atomic E-state index is 8.66. The molecule has 1 aliphatic heterocycles. The van der Waals surface area contributed by atoms with Crippen LogP contribution in [0.25, 0.3) is 0 Å². The molecule has 0 bridgehead atoms. The molecule has 1 heterocycles. The van der Waals surface area contributed by atoms with E-state index in [1.807, 2.05) is 12.1 Å². The second-order valence-electron chi connectivity index (χ2n) is 4.14. The second kappa shape index (κ2) is 7.16. The van der Waals surface area contributed by atoms with Crippen LogP contribution >= 0.6 is 12.4 Å². The van der Waals surface area contributed by atoms with Crippen molar-refractivity contribution < 1.29 is 4.74 Å². The molecule has 2 rings (SSSR count). The van der Waals surface area contributed by atoms with Crippen LogP contribution in [0.4, 0.5) is 0 Å². The molecule has 1 aliphatic rings. The van der Waals surface area contributed by atoms with Crippen molar-refractivity contribution in [2.24, 2.45) is 5.92 Å². The van der Waals surface area contributed by atoms with Crippen molar-refractivity contribution in [3.8, 4) is 11.8 Å². The summed E-state index contributed by atoms with van der Waals surface area (Å²) >= 11 is 0. The quantitative estimate of drug-likeness (QED) is 0.898. The monoisotopic (exact) mass is 252 g/mol. The minimum atomic E-state index is 0. The Balaban J connectivity index is 0.00000144. The number of nitriles is 1. The first-order chi connectivity index (χ1) is 7.88. The van der Waals surface area contributed by atoms with E-state index in [2.05, 4.69) is 11.4 Å². The van der Waals surface area contributed by atoms with Crippen LogP contribution in [0.1, 0.15) is 18.4 Å². The smallest absolute Gasteiger partial charge is 0.119 e. The fourth-order valence-corrected chi connectivity index (χ4v) is 1.89. The molecule has 1 fully saturated rings. The van der Waals surface area contributed by atoms with Gasteiger partial charge in [0.05, 0.1) is 18.2 Å². The van der Waals surface area contributed by atoms with Crippen molar-refractivity contribution in [3.05, 3.63) is 29.8 Å². The number of piperidine rings is 1. The molecule has 0 atom stereocenters. The third kappa shape index (κ3) is 4.26. The summed E-state index contributed by atoms with van der Waals surface area (Å²) in [7, 11) is 0. The maximum Gasteiger partial charge on any atom is 0.119 e. The van der Waals surface area contributed by atoms with Crippen LogP contribution in [0.15, 0.2) is 24.3 Å². The highest BCUT2D eigenvalue weighted by molar-refractivity contribution is 5.85. The van der Waals surface area contributed by atoms with Gasteiger partial charge in [0, 0.05) is 0 Å². The summed E-state index contributed by atoms with van der Waals surface area (Å²) < 4.78 is 5.71. The van der Waals surface area contributed by atoms with E-state index in [9.17, 15) is 0 Å². The molecule has 1 aromatic rings. The Bertz CT molecular complexity index is 366. The van der Waals surface area contributed by atoms with Crippen molar-refractivity contribution in [1.82, 2.24) is 5.32 Å². The summed E-state index contributed by atoms with van der Waals surface area (Å²) in [4.78, 5) is 0.